The van der Waals surface area contributed by atoms with Crippen molar-refractivity contribution in [3.05, 3.63) is 84.3 Å². The van der Waals surface area contributed by atoms with Gasteiger partial charge in [0.05, 0.1) is 17.9 Å². The molecule has 3 aromatic rings. The van der Waals surface area contributed by atoms with Gasteiger partial charge in [-0.05, 0) is 11.6 Å². The first-order valence-electron chi connectivity index (χ1n) is 9.90. The molecule has 4 rings (SSSR count). The fourth-order valence-corrected chi connectivity index (χ4v) is 3.17. The first-order valence-corrected chi connectivity index (χ1v) is 9.90. The number of carbonyl (C=O) groups is 1. The number of ether oxygens (including phenoxy) is 1. The summed E-state index contributed by atoms with van der Waals surface area (Å²) >= 11 is 0. The Balaban J connectivity index is 1.24. The van der Waals surface area contributed by atoms with Crippen LogP contribution < -0.4 is 20.1 Å². The lowest BCUT2D eigenvalue weighted by Gasteiger charge is -2.14. The first kappa shape index (κ1) is 20.2. The predicted molar refractivity (Wildman–Crippen MR) is 117 cm³/mol. The Hall–Kier alpha value is -4.07. The highest BCUT2D eigenvalue weighted by Crippen LogP contribution is 2.30. The van der Waals surface area contributed by atoms with Crippen molar-refractivity contribution in [2.75, 3.05) is 18.5 Å². The Kier molecular flexibility index (Phi) is 6.27. The molecule has 2 heterocycles. The van der Waals surface area contributed by atoms with E-state index in [-0.39, 0.29) is 18.7 Å². The molecule has 8 nitrogen and oxygen atoms in total. The third kappa shape index (κ3) is 5.51. The summed E-state index contributed by atoms with van der Waals surface area (Å²) in [6, 6.07) is 20.6. The average molecular weight is 418 g/mol. The Bertz CT molecular complexity index is 1050. The molecule has 8 heteroatoms. The van der Waals surface area contributed by atoms with Crippen LogP contribution in [0.15, 0.2) is 84.3 Å². The molecule has 1 unspecified atom stereocenters. The van der Waals surface area contributed by atoms with Crippen LogP contribution in [0.3, 0.4) is 0 Å². The first-order chi connectivity index (χ1) is 15.2. The number of rotatable bonds is 7. The molecule has 0 spiro atoms. The predicted octanol–water partition coefficient (Wildman–Crippen LogP) is 3.33. The maximum atomic E-state index is 12.0. The molecule has 2 aromatic carbocycles. The van der Waals surface area contributed by atoms with Gasteiger partial charge >= 0.3 is 6.03 Å². The van der Waals surface area contributed by atoms with Gasteiger partial charge in [0, 0.05) is 24.1 Å². The lowest BCUT2D eigenvalue weighted by atomic mass is 10.0. The van der Waals surface area contributed by atoms with E-state index in [1.165, 1.54) is 24.5 Å². The topological polar surface area (TPSA) is 98.9 Å². The van der Waals surface area contributed by atoms with Gasteiger partial charge in [-0.1, -0.05) is 53.7 Å². The molecule has 0 saturated carbocycles. The zero-order valence-corrected chi connectivity index (χ0v) is 16.7. The van der Waals surface area contributed by atoms with E-state index in [4.69, 9.17) is 9.57 Å². The van der Waals surface area contributed by atoms with Crippen molar-refractivity contribution in [2.24, 2.45) is 5.16 Å². The second-order valence-corrected chi connectivity index (χ2v) is 7.02. The summed E-state index contributed by atoms with van der Waals surface area (Å²) in [5.41, 5.74) is 3.35. The van der Waals surface area contributed by atoms with Crippen molar-refractivity contribution >= 4 is 17.4 Å². The molecule has 1 aliphatic rings. The molecule has 158 valence electrons. The molecule has 0 radical (unpaired) electrons. The molecule has 0 aliphatic carbocycles. The molecule has 31 heavy (non-hydrogen) atoms. The number of nitrogens with zero attached hydrogens (tertiary/aromatic N) is 2. The lowest BCUT2D eigenvalue weighted by molar-refractivity contribution is -0.605. The number of benzene rings is 2. The number of oxime groups is 1. The van der Waals surface area contributed by atoms with Crippen molar-refractivity contribution in [1.82, 2.24) is 5.32 Å². The number of anilines is 1. The van der Waals surface area contributed by atoms with Gasteiger partial charge in [0.15, 0.2) is 18.5 Å². The van der Waals surface area contributed by atoms with E-state index in [0.717, 1.165) is 22.6 Å². The van der Waals surface area contributed by atoms with E-state index >= 15 is 0 Å². The van der Waals surface area contributed by atoms with Gasteiger partial charge in [-0.3, -0.25) is 0 Å². The number of para-hydroxylation sites is 1. The van der Waals surface area contributed by atoms with Gasteiger partial charge in [-0.15, -0.1) is 0 Å². The minimum absolute atomic E-state index is 0.217. The maximum Gasteiger partial charge on any atom is 0.319 e. The third-order valence-corrected chi connectivity index (χ3v) is 4.70. The fourth-order valence-electron chi connectivity index (χ4n) is 3.17. The smallest absolute Gasteiger partial charge is 0.319 e. The van der Waals surface area contributed by atoms with E-state index in [1.807, 2.05) is 54.6 Å². The minimum atomic E-state index is -0.386. The van der Waals surface area contributed by atoms with Crippen molar-refractivity contribution in [3.63, 3.8) is 0 Å². The second kappa shape index (κ2) is 9.62. The van der Waals surface area contributed by atoms with Crippen molar-refractivity contribution < 1.29 is 19.1 Å². The summed E-state index contributed by atoms with van der Waals surface area (Å²) in [7, 11) is 0. The number of nitrogens with one attached hydrogen (secondary N) is 2. The monoisotopic (exact) mass is 418 g/mol. The van der Waals surface area contributed by atoms with Gasteiger partial charge < -0.3 is 25.4 Å². The maximum absolute atomic E-state index is 12.0. The number of pyridine rings is 1. The van der Waals surface area contributed by atoms with Gasteiger partial charge in [-0.25, -0.2) is 4.79 Å². The molecule has 0 fully saturated rings. The van der Waals surface area contributed by atoms with Crippen molar-refractivity contribution in [2.45, 2.75) is 12.5 Å². The van der Waals surface area contributed by atoms with E-state index in [9.17, 15) is 10.0 Å². The standard InChI is InChI=1S/C23H22N4O4/c28-23(25-18-10-12-27(29)13-11-18)24-15-19-14-20(31-26-19)16-30-22-9-5-4-8-21(22)17-6-2-1-3-7-17/h1-13,20H,14-16H2,(H2,24,25,28). The number of hydrogen-bond donors (Lipinski definition) is 2. The van der Waals surface area contributed by atoms with E-state index < -0.39 is 0 Å². The second-order valence-electron chi connectivity index (χ2n) is 7.02. The SMILES string of the molecule is O=C(NCC1=NOC(COc2ccccc2-c2ccccc2)C1)Nc1cc[n+]([O-])cc1. The van der Waals surface area contributed by atoms with E-state index in [1.54, 1.807) is 0 Å². The Labute approximate surface area is 179 Å². The van der Waals surface area contributed by atoms with Gasteiger partial charge in [0.1, 0.15) is 12.4 Å². The molecular weight excluding hydrogens is 396 g/mol. The fraction of sp³-hybridized carbons (Fsp3) is 0.174. The molecule has 0 bridgehead atoms. The van der Waals surface area contributed by atoms with Gasteiger partial charge in [-0.2, -0.15) is 4.73 Å². The third-order valence-electron chi connectivity index (χ3n) is 4.70. The molecule has 0 saturated heterocycles. The number of aromatic nitrogens is 1. The lowest BCUT2D eigenvalue weighted by Crippen LogP contribution is -2.34. The minimum Gasteiger partial charge on any atom is -0.619 e. The van der Waals surface area contributed by atoms with Crippen LogP contribution in [-0.4, -0.2) is 31.0 Å². The summed E-state index contributed by atoms with van der Waals surface area (Å²) < 4.78 is 6.66. The van der Waals surface area contributed by atoms with Gasteiger partial charge in [0.25, 0.3) is 0 Å². The van der Waals surface area contributed by atoms with Crippen LogP contribution in [0.25, 0.3) is 11.1 Å². The summed E-state index contributed by atoms with van der Waals surface area (Å²) in [5, 5.41) is 20.4. The highest BCUT2D eigenvalue weighted by molar-refractivity contribution is 5.94. The Morgan fingerprint density at radius 3 is 2.65 bits per heavy atom. The largest absolute Gasteiger partial charge is 0.619 e. The van der Waals surface area contributed by atoms with Crippen molar-refractivity contribution in [3.8, 4) is 16.9 Å². The zero-order chi connectivity index (χ0) is 21.5. The summed E-state index contributed by atoms with van der Waals surface area (Å²) in [6.45, 7) is 0.611. The number of urea groups is 1. The van der Waals surface area contributed by atoms with E-state index in [2.05, 4.69) is 15.8 Å². The molecule has 2 N–H and O–H groups in total. The van der Waals surface area contributed by atoms with Gasteiger partial charge in [0.2, 0.25) is 0 Å². The Morgan fingerprint density at radius 2 is 1.84 bits per heavy atom. The van der Waals surface area contributed by atoms with Crippen LogP contribution in [0, 0.1) is 5.21 Å². The Morgan fingerprint density at radius 1 is 1.10 bits per heavy atom. The van der Waals surface area contributed by atoms with Crippen LogP contribution in [0.2, 0.25) is 0 Å². The average Bonchev–Trinajstić information content (AvgIpc) is 3.27. The van der Waals surface area contributed by atoms with Crippen LogP contribution in [0.4, 0.5) is 10.5 Å². The zero-order valence-electron chi connectivity index (χ0n) is 16.7. The quantitative estimate of drug-likeness (QED) is 0.454. The highest BCUT2D eigenvalue weighted by Gasteiger charge is 2.22. The van der Waals surface area contributed by atoms with E-state index in [0.29, 0.717) is 23.4 Å². The van der Waals surface area contributed by atoms with Crippen LogP contribution in [0.1, 0.15) is 6.42 Å². The molecular formula is C23H22N4O4. The van der Waals surface area contributed by atoms with Crippen molar-refractivity contribution in [1.29, 1.82) is 0 Å². The molecule has 1 aromatic heterocycles. The van der Waals surface area contributed by atoms with Crippen LogP contribution >= 0.6 is 0 Å². The summed E-state index contributed by atoms with van der Waals surface area (Å²) in [6.07, 6.45) is 2.97. The number of carbonyl (C=O) groups excluding carboxylic acids is 1. The molecule has 1 atom stereocenters. The summed E-state index contributed by atoms with van der Waals surface area (Å²) in [5.74, 6) is 0.783. The molecule has 2 amide bonds. The number of hydrogen-bond acceptors (Lipinski definition) is 5. The number of amides is 2. The summed E-state index contributed by atoms with van der Waals surface area (Å²) in [4.78, 5) is 17.4. The normalized spacial score (nSPS) is 15.0. The van der Waals surface area contributed by atoms with Crippen LogP contribution in [-0.2, 0) is 4.84 Å². The molecule has 1 aliphatic heterocycles. The van der Waals surface area contributed by atoms with Crippen LogP contribution in [0.5, 0.6) is 5.75 Å². The highest BCUT2D eigenvalue weighted by atomic mass is 16.7.